The summed E-state index contributed by atoms with van der Waals surface area (Å²) in [5.74, 6) is 0.702. The minimum Gasteiger partial charge on any atom is -0.271 e. The zero-order chi connectivity index (χ0) is 9.30. The average molecular weight is 278 g/mol. The van der Waals surface area contributed by atoms with Gasteiger partial charge in [-0.05, 0) is 41.9 Å². The third-order valence-corrected chi connectivity index (χ3v) is 3.27. The van der Waals surface area contributed by atoms with Crippen LogP contribution in [0.4, 0.5) is 0 Å². The third kappa shape index (κ3) is 2.00. The second-order valence-electron chi connectivity index (χ2n) is 3.57. The first-order valence-electron chi connectivity index (χ1n) is 4.20. The van der Waals surface area contributed by atoms with Crippen LogP contribution < -0.4 is 0 Å². The molecule has 1 heterocycles. The molecule has 0 aromatic carbocycles. The molecule has 0 spiro atoms. The molecule has 0 saturated carbocycles. The van der Waals surface area contributed by atoms with Gasteiger partial charge in [0.2, 0.25) is 0 Å². The summed E-state index contributed by atoms with van der Waals surface area (Å²) in [6.07, 6.45) is 1.12. The lowest BCUT2D eigenvalue weighted by Crippen LogP contribution is -2.03. The van der Waals surface area contributed by atoms with Crippen molar-refractivity contribution in [2.45, 2.75) is 27.2 Å². The molecule has 0 amide bonds. The lowest BCUT2D eigenvalue weighted by Gasteiger charge is -2.05. The molecule has 1 aromatic rings. The fourth-order valence-corrected chi connectivity index (χ4v) is 1.97. The molecule has 0 unspecified atom stereocenters. The number of rotatable bonds is 2. The molecule has 0 aliphatic heterocycles. The van der Waals surface area contributed by atoms with E-state index >= 15 is 0 Å². The van der Waals surface area contributed by atoms with Gasteiger partial charge in [-0.2, -0.15) is 5.10 Å². The minimum absolute atomic E-state index is 0.702. The standard InChI is InChI=1S/C9H15IN2/c1-6(2)5-8-9(10)7(3)11-12(8)4/h6H,5H2,1-4H3. The highest BCUT2D eigenvalue weighted by atomic mass is 127. The lowest BCUT2D eigenvalue weighted by atomic mass is 10.1. The molecular weight excluding hydrogens is 263 g/mol. The van der Waals surface area contributed by atoms with Gasteiger partial charge in [0, 0.05) is 7.05 Å². The van der Waals surface area contributed by atoms with Crippen molar-refractivity contribution in [3.05, 3.63) is 15.0 Å². The quantitative estimate of drug-likeness (QED) is 0.760. The van der Waals surface area contributed by atoms with Gasteiger partial charge in [0.15, 0.2) is 0 Å². The Morgan fingerprint density at radius 3 is 2.42 bits per heavy atom. The van der Waals surface area contributed by atoms with E-state index in [0.29, 0.717) is 5.92 Å². The number of aryl methyl sites for hydroxylation is 2. The molecule has 12 heavy (non-hydrogen) atoms. The van der Waals surface area contributed by atoms with Crippen molar-refractivity contribution in [1.82, 2.24) is 9.78 Å². The Morgan fingerprint density at radius 1 is 1.50 bits per heavy atom. The maximum Gasteiger partial charge on any atom is 0.0729 e. The van der Waals surface area contributed by atoms with Crippen molar-refractivity contribution in [2.24, 2.45) is 13.0 Å². The summed E-state index contributed by atoms with van der Waals surface area (Å²) >= 11 is 2.38. The van der Waals surface area contributed by atoms with E-state index in [-0.39, 0.29) is 0 Å². The van der Waals surface area contributed by atoms with Crippen molar-refractivity contribution >= 4 is 22.6 Å². The van der Waals surface area contributed by atoms with Gasteiger partial charge >= 0.3 is 0 Å². The Morgan fingerprint density at radius 2 is 2.08 bits per heavy atom. The Kier molecular flexibility index (Phi) is 3.15. The van der Waals surface area contributed by atoms with Gasteiger partial charge in [-0.15, -0.1) is 0 Å². The molecule has 2 nitrogen and oxygen atoms in total. The first-order valence-corrected chi connectivity index (χ1v) is 5.28. The van der Waals surface area contributed by atoms with Crippen LogP contribution in [0, 0.1) is 16.4 Å². The molecule has 0 fully saturated rings. The third-order valence-electron chi connectivity index (χ3n) is 1.86. The van der Waals surface area contributed by atoms with E-state index in [9.17, 15) is 0 Å². The summed E-state index contributed by atoms with van der Waals surface area (Å²) in [6.45, 7) is 6.53. The van der Waals surface area contributed by atoms with Crippen molar-refractivity contribution in [1.29, 1.82) is 0 Å². The van der Waals surface area contributed by atoms with E-state index in [1.165, 1.54) is 9.26 Å². The summed E-state index contributed by atoms with van der Waals surface area (Å²) < 4.78 is 3.32. The van der Waals surface area contributed by atoms with Gasteiger partial charge in [0.05, 0.1) is 15.0 Å². The number of hydrogen-bond donors (Lipinski definition) is 0. The summed E-state index contributed by atoms with van der Waals surface area (Å²) in [5.41, 5.74) is 2.51. The van der Waals surface area contributed by atoms with Gasteiger partial charge in [-0.3, -0.25) is 4.68 Å². The summed E-state index contributed by atoms with van der Waals surface area (Å²) in [6, 6.07) is 0. The first-order chi connectivity index (χ1) is 5.52. The largest absolute Gasteiger partial charge is 0.271 e. The number of aromatic nitrogens is 2. The van der Waals surface area contributed by atoms with E-state index in [0.717, 1.165) is 12.1 Å². The molecule has 0 aliphatic rings. The topological polar surface area (TPSA) is 17.8 Å². The Balaban J connectivity index is 2.97. The smallest absolute Gasteiger partial charge is 0.0729 e. The second kappa shape index (κ2) is 3.77. The van der Waals surface area contributed by atoms with Gasteiger partial charge in [-0.25, -0.2) is 0 Å². The molecule has 0 N–H and O–H groups in total. The highest BCUT2D eigenvalue weighted by molar-refractivity contribution is 14.1. The molecule has 0 aliphatic carbocycles. The van der Waals surface area contributed by atoms with E-state index < -0.39 is 0 Å². The fraction of sp³-hybridized carbons (Fsp3) is 0.667. The van der Waals surface area contributed by atoms with E-state index in [1.54, 1.807) is 0 Å². The van der Waals surface area contributed by atoms with Crippen LogP contribution in [0.2, 0.25) is 0 Å². The Labute approximate surface area is 87.5 Å². The zero-order valence-corrected chi connectivity index (χ0v) is 10.2. The molecule has 0 bridgehead atoms. The normalized spacial score (nSPS) is 11.2. The highest BCUT2D eigenvalue weighted by Crippen LogP contribution is 2.18. The second-order valence-corrected chi connectivity index (χ2v) is 4.65. The van der Waals surface area contributed by atoms with E-state index in [1.807, 2.05) is 11.7 Å². The molecule has 0 saturated heterocycles. The van der Waals surface area contributed by atoms with Gasteiger partial charge in [0.25, 0.3) is 0 Å². The van der Waals surface area contributed by atoms with Gasteiger partial charge in [0.1, 0.15) is 0 Å². The summed E-state index contributed by atoms with van der Waals surface area (Å²) in [4.78, 5) is 0. The van der Waals surface area contributed by atoms with Crippen molar-refractivity contribution in [3.8, 4) is 0 Å². The number of nitrogens with zero attached hydrogens (tertiary/aromatic N) is 2. The average Bonchev–Trinajstić information content (AvgIpc) is 2.16. The molecular formula is C9H15IN2. The SMILES string of the molecule is Cc1nn(C)c(CC(C)C)c1I. The minimum atomic E-state index is 0.702. The Bertz CT molecular complexity index is 276. The van der Waals surface area contributed by atoms with Crippen LogP contribution in [0.25, 0.3) is 0 Å². The van der Waals surface area contributed by atoms with Crippen molar-refractivity contribution in [3.63, 3.8) is 0 Å². The molecule has 1 rings (SSSR count). The number of hydrogen-bond acceptors (Lipinski definition) is 1. The van der Waals surface area contributed by atoms with Gasteiger partial charge < -0.3 is 0 Å². The van der Waals surface area contributed by atoms with Crippen LogP contribution in [0.15, 0.2) is 0 Å². The molecule has 0 radical (unpaired) electrons. The van der Waals surface area contributed by atoms with E-state index in [2.05, 4.69) is 48.5 Å². The molecule has 0 atom stereocenters. The first kappa shape index (κ1) is 10.0. The van der Waals surface area contributed by atoms with Crippen LogP contribution in [-0.2, 0) is 13.5 Å². The van der Waals surface area contributed by atoms with Crippen LogP contribution in [0.5, 0.6) is 0 Å². The molecule has 3 heteroatoms. The molecule has 68 valence electrons. The predicted octanol–water partition coefficient (Wildman–Crippen LogP) is 2.53. The van der Waals surface area contributed by atoms with Gasteiger partial charge in [-0.1, -0.05) is 13.8 Å². The van der Waals surface area contributed by atoms with Crippen molar-refractivity contribution in [2.75, 3.05) is 0 Å². The maximum absolute atomic E-state index is 4.37. The van der Waals surface area contributed by atoms with Crippen LogP contribution in [0.3, 0.4) is 0 Å². The summed E-state index contributed by atoms with van der Waals surface area (Å²) in [7, 11) is 2.02. The van der Waals surface area contributed by atoms with Crippen molar-refractivity contribution < 1.29 is 0 Å². The Hall–Kier alpha value is -0.0600. The number of halogens is 1. The van der Waals surface area contributed by atoms with Crippen LogP contribution in [0.1, 0.15) is 25.2 Å². The van der Waals surface area contributed by atoms with Crippen LogP contribution in [-0.4, -0.2) is 9.78 Å². The maximum atomic E-state index is 4.37. The van der Waals surface area contributed by atoms with E-state index in [4.69, 9.17) is 0 Å². The predicted molar refractivity (Wildman–Crippen MR) is 59.2 cm³/mol. The monoisotopic (exact) mass is 278 g/mol. The lowest BCUT2D eigenvalue weighted by molar-refractivity contribution is 0.593. The zero-order valence-electron chi connectivity index (χ0n) is 8.06. The molecule has 1 aromatic heterocycles. The van der Waals surface area contributed by atoms with Crippen LogP contribution >= 0.6 is 22.6 Å². The highest BCUT2D eigenvalue weighted by Gasteiger charge is 2.10. The summed E-state index contributed by atoms with van der Waals surface area (Å²) in [5, 5.41) is 4.37. The fourth-order valence-electron chi connectivity index (χ4n) is 1.29.